The Labute approximate surface area is 112 Å². The van der Waals surface area contributed by atoms with Gasteiger partial charge in [0.25, 0.3) is 5.91 Å². The molecule has 2 rings (SSSR count). The third-order valence-electron chi connectivity index (χ3n) is 3.42. The van der Waals surface area contributed by atoms with Crippen molar-refractivity contribution in [3.05, 3.63) is 35.6 Å². The molecule has 1 saturated heterocycles. The first-order valence-corrected chi connectivity index (χ1v) is 6.89. The summed E-state index contributed by atoms with van der Waals surface area (Å²) >= 11 is 5.93. The third-order valence-corrected chi connectivity index (χ3v) is 3.78. The van der Waals surface area contributed by atoms with Crippen LogP contribution in [0.5, 0.6) is 0 Å². The maximum Gasteiger partial charge on any atom is 0.257 e. The topological polar surface area (TPSA) is 20.3 Å². The summed E-state index contributed by atoms with van der Waals surface area (Å²) in [5.74, 6) is -0.277. The van der Waals surface area contributed by atoms with Crippen molar-refractivity contribution in [1.82, 2.24) is 4.90 Å². The zero-order chi connectivity index (χ0) is 13.0. The second kappa shape index (κ2) is 6.19. The SMILES string of the molecule is O=C(c1ccccc1F)N1CCCCCC1CCl. The van der Waals surface area contributed by atoms with Gasteiger partial charge in [0.2, 0.25) is 0 Å². The van der Waals surface area contributed by atoms with Gasteiger partial charge in [-0.2, -0.15) is 0 Å². The summed E-state index contributed by atoms with van der Waals surface area (Å²) in [6, 6.07) is 6.16. The number of carbonyl (C=O) groups excluding carboxylic acids is 1. The molecule has 0 aliphatic carbocycles. The Kier molecular flexibility index (Phi) is 4.59. The predicted molar refractivity (Wildman–Crippen MR) is 70.4 cm³/mol. The predicted octanol–water partition coefficient (Wildman–Crippen LogP) is 3.45. The van der Waals surface area contributed by atoms with Crippen LogP contribution in [0.2, 0.25) is 0 Å². The molecule has 98 valence electrons. The molecule has 1 aliphatic rings. The second-order valence-electron chi connectivity index (χ2n) is 4.64. The Morgan fingerprint density at radius 1 is 1.33 bits per heavy atom. The van der Waals surface area contributed by atoms with Crippen LogP contribution in [0.3, 0.4) is 0 Å². The molecule has 4 heteroatoms. The molecule has 0 bridgehead atoms. The monoisotopic (exact) mass is 269 g/mol. The van der Waals surface area contributed by atoms with Gasteiger partial charge in [-0.15, -0.1) is 11.6 Å². The van der Waals surface area contributed by atoms with Crippen LogP contribution in [0.15, 0.2) is 24.3 Å². The minimum Gasteiger partial charge on any atom is -0.334 e. The molecule has 1 unspecified atom stereocenters. The Balaban J connectivity index is 2.23. The number of hydrogen-bond acceptors (Lipinski definition) is 1. The maximum atomic E-state index is 13.6. The number of hydrogen-bond donors (Lipinski definition) is 0. The Bertz CT molecular complexity index is 424. The summed E-state index contributed by atoms with van der Waals surface area (Å²) in [4.78, 5) is 14.1. The van der Waals surface area contributed by atoms with Gasteiger partial charge in [-0.05, 0) is 25.0 Å². The number of carbonyl (C=O) groups is 1. The molecule has 0 N–H and O–H groups in total. The molecule has 0 spiro atoms. The lowest BCUT2D eigenvalue weighted by Crippen LogP contribution is -2.41. The maximum absolute atomic E-state index is 13.6. The van der Waals surface area contributed by atoms with Gasteiger partial charge in [0, 0.05) is 18.5 Å². The summed E-state index contributed by atoms with van der Waals surface area (Å²) in [5, 5.41) is 0. The first-order chi connectivity index (χ1) is 8.74. The molecule has 0 radical (unpaired) electrons. The van der Waals surface area contributed by atoms with Crippen molar-refractivity contribution < 1.29 is 9.18 Å². The largest absolute Gasteiger partial charge is 0.334 e. The van der Waals surface area contributed by atoms with Gasteiger partial charge in [0.05, 0.1) is 5.56 Å². The highest BCUT2D eigenvalue weighted by Crippen LogP contribution is 2.21. The summed E-state index contributed by atoms with van der Waals surface area (Å²) in [6.07, 6.45) is 4.06. The Morgan fingerprint density at radius 3 is 2.83 bits per heavy atom. The quantitative estimate of drug-likeness (QED) is 0.753. The molecule has 1 aromatic carbocycles. The fourth-order valence-electron chi connectivity index (χ4n) is 2.39. The van der Waals surface area contributed by atoms with Crippen molar-refractivity contribution in [3.8, 4) is 0 Å². The number of amides is 1. The minimum atomic E-state index is -0.458. The fourth-order valence-corrected chi connectivity index (χ4v) is 2.72. The average molecular weight is 270 g/mol. The van der Waals surface area contributed by atoms with Crippen LogP contribution in [0.4, 0.5) is 4.39 Å². The van der Waals surface area contributed by atoms with Gasteiger partial charge in [-0.1, -0.05) is 25.0 Å². The van der Waals surface area contributed by atoms with Crippen molar-refractivity contribution in [1.29, 1.82) is 0 Å². The number of alkyl halides is 1. The van der Waals surface area contributed by atoms with E-state index < -0.39 is 5.82 Å². The van der Waals surface area contributed by atoms with Crippen LogP contribution in [0.25, 0.3) is 0 Å². The van der Waals surface area contributed by atoms with E-state index in [1.165, 1.54) is 12.1 Å². The van der Waals surface area contributed by atoms with Gasteiger partial charge >= 0.3 is 0 Å². The molecular formula is C14H17ClFNO. The van der Waals surface area contributed by atoms with E-state index in [2.05, 4.69) is 0 Å². The van der Waals surface area contributed by atoms with Crippen molar-refractivity contribution in [2.75, 3.05) is 12.4 Å². The number of halogens is 2. The molecule has 0 aromatic heterocycles. The summed E-state index contributed by atoms with van der Waals surface area (Å²) in [7, 11) is 0. The van der Waals surface area contributed by atoms with E-state index in [0.717, 1.165) is 25.7 Å². The van der Waals surface area contributed by atoms with Crippen molar-refractivity contribution in [2.45, 2.75) is 31.7 Å². The summed E-state index contributed by atoms with van der Waals surface area (Å²) in [5.41, 5.74) is 0.148. The highest BCUT2D eigenvalue weighted by Gasteiger charge is 2.26. The highest BCUT2D eigenvalue weighted by atomic mass is 35.5. The molecule has 1 aromatic rings. The van der Waals surface area contributed by atoms with E-state index in [4.69, 9.17) is 11.6 Å². The number of benzene rings is 1. The summed E-state index contributed by atoms with van der Waals surface area (Å²) in [6.45, 7) is 0.671. The smallest absolute Gasteiger partial charge is 0.257 e. The van der Waals surface area contributed by atoms with Gasteiger partial charge in [0.15, 0.2) is 0 Å². The standard InChI is InChI=1S/C14H17ClFNO/c15-10-11-6-2-1-5-9-17(11)14(18)12-7-3-4-8-13(12)16/h3-4,7-8,11H,1-2,5-6,9-10H2. The van der Waals surface area contributed by atoms with Crippen LogP contribution >= 0.6 is 11.6 Å². The lowest BCUT2D eigenvalue weighted by atomic mass is 10.1. The Morgan fingerprint density at radius 2 is 2.11 bits per heavy atom. The first-order valence-electron chi connectivity index (χ1n) is 6.35. The van der Waals surface area contributed by atoms with E-state index in [1.807, 2.05) is 0 Å². The van der Waals surface area contributed by atoms with Crippen molar-refractivity contribution in [3.63, 3.8) is 0 Å². The van der Waals surface area contributed by atoms with Crippen LogP contribution in [-0.2, 0) is 0 Å². The number of rotatable bonds is 2. The lowest BCUT2D eigenvalue weighted by Gasteiger charge is -2.28. The van der Waals surface area contributed by atoms with Crippen LogP contribution in [-0.4, -0.2) is 29.3 Å². The van der Waals surface area contributed by atoms with E-state index in [-0.39, 0.29) is 17.5 Å². The Hall–Kier alpha value is -1.09. The zero-order valence-electron chi connectivity index (χ0n) is 10.2. The molecule has 18 heavy (non-hydrogen) atoms. The van der Waals surface area contributed by atoms with E-state index >= 15 is 0 Å². The third kappa shape index (κ3) is 2.83. The molecule has 1 atom stereocenters. The van der Waals surface area contributed by atoms with E-state index in [0.29, 0.717) is 12.4 Å². The van der Waals surface area contributed by atoms with Gasteiger partial charge in [0.1, 0.15) is 5.82 Å². The van der Waals surface area contributed by atoms with Crippen molar-refractivity contribution >= 4 is 17.5 Å². The molecule has 1 aliphatic heterocycles. The lowest BCUT2D eigenvalue weighted by molar-refractivity contribution is 0.0695. The molecule has 0 saturated carbocycles. The molecule has 1 fully saturated rings. The molecule has 2 nitrogen and oxygen atoms in total. The van der Waals surface area contributed by atoms with E-state index in [1.54, 1.807) is 17.0 Å². The minimum absolute atomic E-state index is 0.0290. The van der Waals surface area contributed by atoms with Crippen LogP contribution in [0, 0.1) is 5.82 Å². The molecule has 1 amide bonds. The van der Waals surface area contributed by atoms with Crippen molar-refractivity contribution in [2.24, 2.45) is 0 Å². The fraction of sp³-hybridized carbons (Fsp3) is 0.500. The highest BCUT2D eigenvalue weighted by molar-refractivity contribution is 6.18. The normalized spacial score (nSPS) is 20.6. The van der Waals surface area contributed by atoms with Crippen LogP contribution < -0.4 is 0 Å². The first kappa shape index (κ1) is 13.3. The second-order valence-corrected chi connectivity index (χ2v) is 4.94. The zero-order valence-corrected chi connectivity index (χ0v) is 11.0. The average Bonchev–Trinajstić information content (AvgIpc) is 2.63. The van der Waals surface area contributed by atoms with E-state index in [9.17, 15) is 9.18 Å². The van der Waals surface area contributed by atoms with Crippen LogP contribution in [0.1, 0.15) is 36.0 Å². The summed E-state index contributed by atoms with van der Waals surface area (Å²) < 4.78 is 13.6. The molecule has 1 heterocycles. The number of likely N-dealkylation sites (tertiary alicyclic amines) is 1. The van der Waals surface area contributed by atoms with Gasteiger partial charge in [-0.25, -0.2) is 4.39 Å². The molecular weight excluding hydrogens is 253 g/mol. The van der Waals surface area contributed by atoms with Gasteiger partial charge in [-0.3, -0.25) is 4.79 Å². The number of nitrogens with zero attached hydrogens (tertiary/aromatic N) is 1. The van der Waals surface area contributed by atoms with Gasteiger partial charge < -0.3 is 4.90 Å².